The number of fused-ring (bicyclic) bond motifs is 5. The summed E-state index contributed by atoms with van der Waals surface area (Å²) in [6.45, 7) is 1.34. The van der Waals surface area contributed by atoms with Crippen molar-refractivity contribution >= 4 is 11.9 Å². The smallest absolute Gasteiger partial charge is 0.313 e. The van der Waals surface area contributed by atoms with Crippen LogP contribution in [0.5, 0.6) is 0 Å². The van der Waals surface area contributed by atoms with Crippen LogP contribution in [0.2, 0.25) is 0 Å². The first-order valence-corrected chi connectivity index (χ1v) is 5.23. The van der Waals surface area contributed by atoms with Crippen molar-refractivity contribution in [1.29, 1.82) is 0 Å². The second kappa shape index (κ2) is 2.84. The molecule has 3 aliphatic rings. The predicted molar refractivity (Wildman–Crippen MR) is 49.4 cm³/mol. The molecule has 4 nitrogen and oxygen atoms in total. The Balaban J connectivity index is 1.87. The fourth-order valence-electron chi connectivity index (χ4n) is 3.10. The molecule has 0 N–H and O–H groups in total. The van der Waals surface area contributed by atoms with Crippen molar-refractivity contribution in [3.05, 3.63) is 12.2 Å². The third-order valence-electron chi connectivity index (χ3n) is 3.62. The standard InChI is InChI=1S/C11H12O4/c1-5(12)14-11-9-7-3-2-6(4-7)8(9)10(13)15-11/h2-3,6-9,11H,4H2,1H3/t6-,7+,8-,9+,11-/m1/s1. The fraction of sp³-hybridized carbons (Fsp3) is 0.636. The minimum absolute atomic E-state index is 0.0522. The first kappa shape index (κ1) is 8.95. The van der Waals surface area contributed by atoms with Gasteiger partial charge in [-0.2, -0.15) is 0 Å². The number of hydrogen-bond acceptors (Lipinski definition) is 4. The van der Waals surface area contributed by atoms with Gasteiger partial charge in [0.05, 0.1) is 11.8 Å². The van der Waals surface area contributed by atoms with Gasteiger partial charge in [-0.25, -0.2) is 0 Å². The SMILES string of the molecule is CC(=O)O[C@@H]1OC(=O)[C@H]2[C@@H]1[C@H]1C=C[C@@H]2C1. The van der Waals surface area contributed by atoms with E-state index in [1.807, 2.05) is 0 Å². The van der Waals surface area contributed by atoms with Gasteiger partial charge >= 0.3 is 11.9 Å². The van der Waals surface area contributed by atoms with E-state index in [-0.39, 0.29) is 23.8 Å². The molecule has 80 valence electrons. The second-order valence-electron chi connectivity index (χ2n) is 4.47. The largest absolute Gasteiger partial charge is 0.425 e. The highest BCUT2D eigenvalue weighted by molar-refractivity contribution is 5.77. The van der Waals surface area contributed by atoms with Gasteiger partial charge in [-0.3, -0.25) is 9.59 Å². The van der Waals surface area contributed by atoms with Gasteiger partial charge < -0.3 is 9.47 Å². The lowest BCUT2D eigenvalue weighted by atomic mass is 9.85. The van der Waals surface area contributed by atoms with E-state index in [0.717, 1.165) is 6.42 Å². The maximum absolute atomic E-state index is 11.6. The van der Waals surface area contributed by atoms with Crippen LogP contribution in [0.1, 0.15) is 13.3 Å². The molecule has 0 aromatic heterocycles. The number of rotatable bonds is 1. The van der Waals surface area contributed by atoms with Gasteiger partial charge in [-0.1, -0.05) is 12.2 Å². The van der Waals surface area contributed by atoms with E-state index in [9.17, 15) is 9.59 Å². The van der Waals surface area contributed by atoms with Gasteiger partial charge in [0.1, 0.15) is 0 Å². The molecule has 0 aromatic rings. The Hall–Kier alpha value is -1.32. The molecule has 1 saturated carbocycles. The molecule has 1 heterocycles. The highest BCUT2D eigenvalue weighted by Crippen LogP contribution is 2.53. The molecular weight excluding hydrogens is 196 g/mol. The Labute approximate surface area is 87.2 Å². The topological polar surface area (TPSA) is 52.6 Å². The van der Waals surface area contributed by atoms with E-state index in [1.165, 1.54) is 6.92 Å². The molecule has 4 heteroatoms. The van der Waals surface area contributed by atoms with Crippen LogP contribution in [-0.4, -0.2) is 18.2 Å². The normalized spacial score (nSPS) is 45.4. The monoisotopic (exact) mass is 208 g/mol. The molecule has 2 fully saturated rings. The third kappa shape index (κ3) is 1.14. The van der Waals surface area contributed by atoms with E-state index in [2.05, 4.69) is 12.2 Å². The number of hydrogen-bond donors (Lipinski definition) is 0. The first-order valence-electron chi connectivity index (χ1n) is 5.23. The summed E-state index contributed by atoms with van der Waals surface area (Å²) in [4.78, 5) is 22.5. The molecule has 15 heavy (non-hydrogen) atoms. The molecule has 1 aliphatic heterocycles. The zero-order valence-corrected chi connectivity index (χ0v) is 8.38. The Kier molecular flexibility index (Phi) is 1.69. The quantitative estimate of drug-likeness (QED) is 0.474. The maximum atomic E-state index is 11.6. The van der Waals surface area contributed by atoms with Gasteiger partial charge in [0, 0.05) is 6.92 Å². The Morgan fingerprint density at radius 1 is 1.47 bits per heavy atom. The summed E-state index contributed by atoms with van der Waals surface area (Å²) >= 11 is 0. The van der Waals surface area contributed by atoms with Crippen LogP contribution in [0.15, 0.2) is 12.2 Å². The van der Waals surface area contributed by atoms with Gasteiger partial charge in [0.2, 0.25) is 0 Å². The van der Waals surface area contributed by atoms with Crippen molar-refractivity contribution in [3.63, 3.8) is 0 Å². The summed E-state index contributed by atoms with van der Waals surface area (Å²) in [6, 6.07) is 0. The first-order chi connectivity index (χ1) is 7.16. The van der Waals surface area contributed by atoms with Gasteiger partial charge in [0.15, 0.2) is 0 Å². The third-order valence-corrected chi connectivity index (χ3v) is 3.62. The zero-order valence-electron chi connectivity index (χ0n) is 8.38. The number of ether oxygens (including phenoxy) is 2. The summed E-state index contributed by atoms with van der Waals surface area (Å²) in [7, 11) is 0. The molecule has 0 spiro atoms. The van der Waals surface area contributed by atoms with Crippen molar-refractivity contribution in [1.82, 2.24) is 0 Å². The van der Waals surface area contributed by atoms with Crippen molar-refractivity contribution in [2.24, 2.45) is 23.7 Å². The van der Waals surface area contributed by atoms with Crippen molar-refractivity contribution < 1.29 is 19.1 Å². The Morgan fingerprint density at radius 3 is 2.93 bits per heavy atom. The minimum Gasteiger partial charge on any atom is -0.425 e. The number of esters is 2. The average molecular weight is 208 g/mol. The summed E-state index contributed by atoms with van der Waals surface area (Å²) in [5.41, 5.74) is 0. The average Bonchev–Trinajstić information content (AvgIpc) is 2.78. The molecule has 5 atom stereocenters. The summed E-state index contributed by atoms with van der Waals surface area (Å²) < 4.78 is 10.1. The van der Waals surface area contributed by atoms with Gasteiger partial charge in [-0.15, -0.1) is 0 Å². The van der Waals surface area contributed by atoms with Crippen LogP contribution in [0, 0.1) is 23.7 Å². The highest BCUT2D eigenvalue weighted by Gasteiger charge is 2.59. The number of cyclic esters (lactones) is 1. The predicted octanol–water partition coefficient (Wildman–Crippen LogP) is 0.871. The van der Waals surface area contributed by atoms with Crippen LogP contribution in [-0.2, 0) is 19.1 Å². The van der Waals surface area contributed by atoms with E-state index in [0.29, 0.717) is 11.8 Å². The van der Waals surface area contributed by atoms with Crippen LogP contribution >= 0.6 is 0 Å². The van der Waals surface area contributed by atoms with Crippen LogP contribution in [0.25, 0.3) is 0 Å². The van der Waals surface area contributed by atoms with Crippen LogP contribution < -0.4 is 0 Å². The lowest BCUT2D eigenvalue weighted by Gasteiger charge is -2.20. The number of carbonyl (C=O) groups excluding carboxylic acids is 2. The van der Waals surface area contributed by atoms with Gasteiger partial charge in [0.25, 0.3) is 6.29 Å². The Morgan fingerprint density at radius 2 is 2.20 bits per heavy atom. The minimum atomic E-state index is -0.653. The molecule has 0 aromatic carbocycles. The van der Waals surface area contributed by atoms with Crippen molar-refractivity contribution in [3.8, 4) is 0 Å². The Bertz CT molecular complexity index is 360. The molecular formula is C11H12O4. The summed E-state index contributed by atoms with van der Waals surface area (Å²) in [5.74, 6) is 0.0212. The fourth-order valence-corrected chi connectivity index (χ4v) is 3.10. The summed E-state index contributed by atoms with van der Waals surface area (Å²) in [5, 5.41) is 0. The number of allylic oxidation sites excluding steroid dienone is 2. The van der Waals surface area contributed by atoms with E-state index in [1.54, 1.807) is 0 Å². The van der Waals surface area contributed by atoms with Crippen LogP contribution in [0.3, 0.4) is 0 Å². The van der Waals surface area contributed by atoms with Gasteiger partial charge in [-0.05, 0) is 18.3 Å². The second-order valence-corrected chi connectivity index (χ2v) is 4.47. The van der Waals surface area contributed by atoms with E-state index >= 15 is 0 Å². The lowest BCUT2D eigenvalue weighted by molar-refractivity contribution is -0.181. The van der Waals surface area contributed by atoms with Crippen LogP contribution in [0.4, 0.5) is 0 Å². The number of carbonyl (C=O) groups is 2. The highest BCUT2D eigenvalue weighted by atomic mass is 16.7. The van der Waals surface area contributed by atoms with Crippen molar-refractivity contribution in [2.75, 3.05) is 0 Å². The molecule has 0 radical (unpaired) electrons. The van der Waals surface area contributed by atoms with E-state index < -0.39 is 6.29 Å². The van der Waals surface area contributed by atoms with E-state index in [4.69, 9.17) is 9.47 Å². The molecule has 2 bridgehead atoms. The lowest BCUT2D eigenvalue weighted by Crippen LogP contribution is -2.28. The molecule has 0 unspecified atom stereocenters. The maximum Gasteiger partial charge on any atom is 0.313 e. The molecule has 2 aliphatic carbocycles. The zero-order chi connectivity index (χ0) is 10.6. The molecule has 0 amide bonds. The molecule has 1 saturated heterocycles. The molecule has 3 rings (SSSR count). The summed E-state index contributed by atoms with van der Waals surface area (Å²) in [6.07, 6.45) is 4.55. The van der Waals surface area contributed by atoms with Crippen molar-refractivity contribution in [2.45, 2.75) is 19.6 Å².